The van der Waals surface area contributed by atoms with Crippen molar-refractivity contribution in [3.8, 4) is 0 Å². The number of nitrogens with zero attached hydrogens (tertiary/aromatic N) is 1. The standard InChI is InChI=1S/C11H16BrF2N3O2S.ClH/c1-17(2)8-3-4-9(12)10(5-8)20(18,19)16-7-11(13,14)6-15;/h3-5,16H,6-7,15H2,1-2H3;1H. The minimum absolute atomic E-state index is 0. The van der Waals surface area contributed by atoms with Crippen LogP contribution in [0, 0.1) is 0 Å². The van der Waals surface area contributed by atoms with Crippen molar-refractivity contribution in [1.82, 2.24) is 4.72 Å². The first-order valence-corrected chi connectivity index (χ1v) is 7.91. The van der Waals surface area contributed by atoms with Gasteiger partial charge in [-0.2, -0.15) is 0 Å². The van der Waals surface area contributed by atoms with Gasteiger partial charge in [0.05, 0.1) is 18.0 Å². The first kappa shape index (κ1) is 20.5. The third-order valence-corrected chi connectivity index (χ3v) is 4.94. The van der Waals surface area contributed by atoms with Crippen molar-refractivity contribution < 1.29 is 17.2 Å². The molecule has 5 nitrogen and oxygen atoms in total. The Morgan fingerprint density at radius 3 is 2.43 bits per heavy atom. The van der Waals surface area contributed by atoms with Crippen LogP contribution in [0.15, 0.2) is 27.6 Å². The van der Waals surface area contributed by atoms with Crippen LogP contribution in [0.25, 0.3) is 0 Å². The van der Waals surface area contributed by atoms with Crippen LogP contribution in [-0.2, 0) is 10.0 Å². The van der Waals surface area contributed by atoms with Crippen molar-refractivity contribution in [3.05, 3.63) is 22.7 Å². The van der Waals surface area contributed by atoms with Crippen LogP contribution in [0.3, 0.4) is 0 Å². The summed E-state index contributed by atoms with van der Waals surface area (Å²) < 4.78 is 52.3. The Labute approximate surface area is 137 Å². The lowest BCUT2D eigenvalue weighted by Crippen LogP contribution is -2.41. The average molecular weight is 409 g/mol. The van der Waals surface area contributed by atoms with E-state index in [0.29, 0.717) is 10.2 Å². The first-order chi connectivity index (χ1) is 9.09. The molecule has 1 aromatic rings. The maximum atomic E-state index is 13.0. The summed E-state index contributed by atoms with van der Waals surface area (Å²) in [7, 11) is -0.558. The molecule has 0 atom stereocenters. The van der Waals surface area contributed by atoms with Crippen LogP contribution >= 0.6 is 28.3 Å². The number of benzene rings is 1. The van der Waals surface area contributed by atoms with E-state index < -0.39 is 29.0 Å². The van der Waals surface area contributed by atoms with Crippen LogP contribution in [0.5, 0.6) is 0 Å². The molecule has 0 bridgehead atoms. The third-order valence-electron chi connectivity index (χ3n) is 2.54. The summed E-state index contributed by atoms with van der Waals surface area (Å²) in [6.07, 6.45) is 0. The Morgan fingerprint density at radius 1 is 1.38 bits per heavy atom. The molecule has 1 aromatic carbocycles. The highest BCUT2D eigenvalue weighted by Crippen LogP contribution is 2.26. The van der Waals surface area contributed by atoms with E-state index in [1.54, 1.807) is 31.1 Å². The molecule has 0 aliphatic carbocycles. The second-order valence-electron chi connectivity index (χ2n) is 4.39. The van der Waals surface area contributed by atoms with Gasteiger partial charge in [0.2, 0.25) is 10.0 Å². The molecule has 0 unspecified atom stereocenters. The second kappa shape index (κ2) is 7.68. The monoisotopic (exact) mass is 407 g/mol. The number of nitrogens with two attached hydrogens (primary N) is 1. The van der Waals surface area contributed by atoms with E-state index in [1.165, 1.54) is 6.07 Å². The van der Waals surface area contributed by atoms with Gasteiger partial charge >= 0.3 is 0 Å². The number of alkyl halides is 2. The SMILES string of the molecule is CN(C)c1ccc(Br)c(S(=O)(=O)NCC(F)(F)CN)c1.Cl. The molecule has 122 valence electrons. The van der Waals surface area contributed by atoms with Crippen LogP contribution in [-0.4, -0.2) is 41.5 Å². The molecule has 0 radical (unpaired) electrons. The summed E-state index contributed by atoms with van der Waals surface area (Å²) in [5.41, 5.74) is 5.51. The van der Waals surface area contributed by atoms with Gasteiger partial charge in [-0.1, -0.05) is 0 Å². The fraction of sp³-hybridized carbons (Fsp3) is 0.455. The molecule has 0 amide bonds. The van der Waals surface area contributed by atoms with Gasteiger partial charge in [0, 0.05) is 24.3 Å². The lowest BCUT2D eigenvalue weighted by atomic mass is 10.3. The average Bonchev–Trinajstić information content (AvgIpc) is 2.37. The highest BCUT2D eigenvalue weighted by atomic mass is 79.9. The number of anilines is 1. The smallest absolute Gasteiger partial charge is 0.273 e. The molecule has 0 saturated heterocycles. The molecule has 0 aromatic heterocycles. The summed E-state index contributed by atoms with van der Waals surface area (Å²) in [5.74, 6) is -3.28. The van der Waals surface area contributed by atoms with E-state index in [9.17, 15) is 17.2 Å². The zero-order chi connectivity index (χ0) is 15.6. The van der Waals surface area contributed by atoms with Gasteiger partial charge in [-0.3, -0.25) is 0 Å². The summed E-state index contributed by atoms with van der Waals surface area (Å²) in [6.45, 7) is -1.96. The Hall–Kier alpha value is -0.480. The topological polar surface area (TPSA) is 75.4 Å². The minimum Gasteiger partial charge on any atom is -0.378 e. The van der Waals surface area contributed by atoms with Crippen LogP contribution < -0.4 is 15.4 Å². The van der Waals surface area contributed by atoms with Gasteiger partial charge in [0.1, 0.15) is 0 Å². The number of rotatable bonds is 6. The summed E-state index contributed by atoms with van der Waals surface area (Å²) in [5, 5.41) is 0. The molecular formula is C11H17BrClF2N3O2S. The van der Waals surface area contributed by atoms with Crippen molar-refractivity contribution in [2.45, 2.75) is 10.8 Å². The Bertz CT molecular complexity index is 585. The lowest BCUT2D eigenvalue weighted by Gasteiger charge is -2.17. The molecule has 0 fully saturated rings. The normalized spacial score (nSPS) is 11.9. The largest absolute Gasteiger partial charge is 0.378 e. The van der Waals surface area contributed by atoms with Gasteiger partial charge in [-0.25, -0.2) is 21.9 Å². The van der Waals surface area contributed by atoms with E-state index in [1.807, 2.05) is 4.72 Å². The van der Waals surface area contributed by atoms with Crippen molar-refractivity contribution in [1.29, 1.82) is 0 Å². The van der Waals surface area contributed by atoms with Gasteiger partial charge in [-0.05, 0) is 34.1 Å². The van der Waals surface area contributed by atoms with Crippen molar-refractivity contribution in [2.24, 2.45) is 5.73 Å². The molecule has 3 N–H and O–H groups in total. The Kier molecular flexibility index (Phi) is 7.51. The molecule has 0 saturated carbocycles. The van der Waals surface area contributed by atoms with E-state index in [-0.39, 0.29) is 17.3 Å². The molecule has 0 spiro atoms. The maximum absolute atomic E-state index is 13.0. The highest BCUT2D eigenvalue weighted by molar-refractivity contribution is 9.10. The van der Waals surface area contributed by atoms with E-state index in [2.05, 4.69) is 15.9 Å². The van der Waals surface area contributed by atoms with Gasteiger partial charge in [0.15, 0.2) is 0 Å². The zero-order valence-corrected chi connectivity index (χ0v) is 14.7. The molecule has 0 heterocycles. The summed E-state index contributed by atoms with van der Waals surface area (Å²) in [6, 6.07) is 4.65. The third kappa shape index (κ3) is 5.67. The van der Waals surface area contributed by atoms with E-state index in [0.717, 1.165) is 0 Å². The van der Waals surface area contributed by atoms with Crippen LogP contribution in [0.2, 0.25) is 0 Å². The number of nitrogens with one attached hydrogen (secondary N) is 1. The quantitative estimate of drug-likeness (QED) is 0.753. The molecule has 0 aliphatic rings. The minimum atomic E-state index is -4.05. The maximum Gasteiger partial charge on any atom is 0.273 e. The van der Waals surface area contributed by atoms with Crippen LogP contribution in [0.4, 0.5) is 14.5 Å². The molecule has 21 heavy (non-hydrogen) atoms. The van der Waals surface area contributed by atoms with E-state index >= 15 is 0 Å². The number of sulfonamides is 1. The van der Waals surface area contributed by atoms with Gasteiger partial charge in [-0.15, -0.1) is 12.4 Å². The van der Waals surface area contributed by atoms with Crippen molar-refractivity contribution >= 4 is 44.0 Å². The first-order valence-electron chi connectivity index (χ1n) is 5.63. The highest BCUT2D eigenvalue weighted by Gasteiger charge is 2.30. The van der Waals surface area contributed by atoms with Crippen molar-refractivity contribution in [2.75, 3.05) is 32.1 Å². The Morgan fingerprint density at radius 2 is 1.95 bits per heavy atom. The summed E-state index contributed by atoms with van der Waals surface area (Å²) in [4.78, 5) is 1.61. The molecule has 10 heteroatoms. The van der Waals surface area contributed by atoms with Gasteiger partial charge < -0.3 is 10.6 Å². The molecule has 1 rings (SSSR count). The van der Waals surface area contributed by atoms with Crippen LogP contribution in [0.1, 0.15) is 0 Å². The molecule has 0 aliphatic heterocycles. The number of hydrogen-bond acceptors (Lipinski definition) is 4. The van der Waals surface area contributed by atoms with E-state index in [4.69, 9.17) is 5.73 Å². The van der Waals surface area contributed by atoms with Crippen molar-refractivity contribution in [3.63, 3.8) is 0 Å². The predicted octanol–water partition coefficient (Wildman–Crippen LogP) is 1.81. The zero-order valence-electron chi connectivity index (χ0n) is 11.4. The Balaban J connectivity index is 0.00000400. The predicted molar refractivity (Wildman–Crippen MR) is 84.9 cm³/mol. The number of hydrogen-bond donors (Lipinski definition) is 2. The fourth-order valence-corrected chi connectivity index (χ4v) is 3.37. The lowest BCUT2D eigenvalue weighted by molar-refractivity contribution is 0.0170. The fourth-order valence-electron chi connectivity index (χ4n) is 1.33. The van der Waals surface area contributed by atoms with Gasteiger partial charge in [0.25, 0.3) is 5.92 Å². The second-order valence-corrected chi connectivity index (χ2v) is 6.98. The number of halogens is 4. The molecular weight excluding hydrogens is 392 g/mol. The summed E-state index contributed by atoms with van der Waals surface area (Å²) >= 11 is 3.10.